The molecule has 0 bridgehead atoms. The van der Waals surface area contributed by atoms with E-state index in [0.29, 0.717) is 12.2 Å². The standard InChI is InChI=1S/C6H8O4.C4H4O4/c1-9-5(7)3-4-6(8)10-2;5-3(6)1-2-4(7)8/h3-4H,1-2H3;1-2H,(H,5,6)(H,7,8)/b4-3-;2-1-. The summed E-state index contributed by atoms with van der Waals surface area (Å²) in [5.74, 6) is -3.67. The second kappa shape index (κ2) is 10.9. The Morgan fingerprint density at radius 3 is 1.17 bits per heavy atom. The van der Waals surface area contributed by atoms with E-state index in [1.54, 1.807) is 0 Å². The molecule has 18 heavy (non-hydrogen) atoms. The van der Waals surface area contributed by atoms with Crippen LogP contribution >= 0.6 is 0 Å². The SMILES string of the molecule is COC(=O)/C=C\C(=O)OC.O=C(O)/C=C\C(=O)O. The van der Waals surface area contributed by atoms with Crippen molar-refractivity contribution in [2.75, 3.05) is 14.2 Å². The number of carbonyl (C=O) groups excluding carboxylic acids is 2. The number of aliphatic carboxylic acids is 2. The first-order chi connectivity index (χ1) is 8.33. The van der Waals surface area contributed by atoms with E-state index < -0.39 is 23.9 Å². The molecule has 0 aromatic rings. The fourth-order valence-corrected chi connectivity index (χ4v) is 0.415. The van der Waals surface area contributed by atoms with E-state index in [1.807, 2.05) is 0 Å². The lowest BCUT2D eigenvalue weighted by molar-refractivity contribution is -0.137. The maximum atomic E-state index is 10.3. The number of carbonyl (C=O) groups is 4. The van der Waals surface area contributed by atoms with Crippen molar-refractivity contribution in [2.45, 2.75) is 0 Å². The summed E-state index contributed by atoms with van der Waals surface area (Å²) in [7, 11) is 2.45. The van der Waals surface area contributed by atoms with Crippen LogP contribution in [0.15, 0.2) is 24.3 Å². The highest BCUT2D eigenvalue weighted by molar-refractivity contribution is 5.91. The van der Waals surface area contributed by atoms with E-state index >= 15 is 0 Å². The number of ether oxygens (including phenoxy) is 2. The Morgan fingerprint density at radius 2 is 1.00 bits per heavy atom. The van der Waals surface area contributed by atoms with E-state index in [2.05, 4.69) is 9.47 Å². The normalized spacial score (nSPS) is 9.44. The third kappa shape index (κ3) is 15.8. The van der Waals surface area contributed by atoms with Gasteiger partial charge in [0.05, 0.1) is 14.2 Å². The summed E-state index contributed by atoms with van der Waals surface area (Å²) in [6.07, 6.45) is 3.10. The van der Waals surface area contributed by atoms with Crippen LogP contribution in [0.3, 0.4) is 0 Å². The monoisotopic (exact) mass is 260 g/mol. The van der Waals surface area contributed by atoms with Gasteiger partial charge in [0.2, 0.25) is 0 Å². The van der Waals surface area contributed by atoms with Crippen LogP contribution in [0.2, 0.25) is 0 Å². The van der Waals surface area contributed by atoms with Gasteiger partial charge in [-0.15, -0.1) is 0 Å². The van der Waals surface area contributed by atoms with Crippen molar-refractivity contribution >= 4 is 23.9 Å². The van der Waals surface area contributed by atoms with Crippen molar-refractivity contribution < 1.29 is 38.9 Å². The van der Waals surface area contributed by atoms with Gasteiger partial charge in [0, 0.05) is 24.3 Å². The lowest BCUT2D eigenvalue weighted by atomic mass is 10.5. The fourth-order valence-electron chi connectivity index (χ4n) is 0.415. The first-order valence-corrected chi connectivity index (χ1v) is 4.31. The maximum absolute atomic E-state index is 10.3. The third-order valence-corrected chi connectivity index (χ3v) is 1.13. The summed E-state index contributed by atoms with van der Waals surface area (Å²) in [6.45, 7) is 0. The van der Waals surface area contributed by atoms with Gasteiger partial charge in [0.1, 0.15) is 0 Å². The van der Waals surface area contributed by atoms with Crippen molar-refractivity contribution in [3.8, 4) is 0 Å². The van der Waals surface area contributed by atoms with E-state index in [4.69, 9.17) is 10.2 Å². The molecule has 0 aromatic carbocycles. The number of methoxy groups -OCH3 is 2. The van der Waals surface area contributed by atoms with Crippen molar-refractivity contribution in [1.82, 2.24) is 0 Å². The Balaban J connectivity index is 0. The van der Waals surface area contributed by atoms with E-state index in [0.717, 1.165) is 12.2 Å². The largest absolute Gasteiger partial charge is 0.478 e. The fraction of sp³-hybridized carbons (Fsp3) is 0.200. The Hall–Kier alpha value is -2.64. The molecule has 0 rings (SSSR count). The second-order valence-corrected chi connectivity index (χ2v) is 2.39. The molecule has 8 nitrogen and oxygen atoms in total. The summed E-state index contributed by atoms with van der Waals surface area (Å²) < 4.78 is 8.42. The summed E-state index contributed by atoms with van der Waals surface area (Å²) in [6, 6.07) is 0. The quantitative estimate of drug-likeness (QED) is 0.516. The Morgan fingerprint density at radius 1 is 0.722 bits per heavy atom. The molecule has 0 amide bonds. The molecule has 0 atom stereocenters. The van der Waals surface area contributed by atoms with Crippen molar-refractivity contribution in [3.63, 3.8) is 0 Å². The Bertz CT molecular complexity index is 332. The minimum absolute atomic E-state index is 0.558. The van der Waals surface area contributed by atoms with Gasteiger partial charge in [0.25, 0.3) is 0 Å². The maximum Gasteiger partial charge on any atom is 0.330 e. The van der Waals surface area contributed by atoms with Crippen molar-refractivity contribution in [3.05, 3.63) is 24.3 Å². The number of esters is 2. The number of hydrogen-bond donors (Lipinski definition) is 2. The zero-order valence-corrected chi connectivity index (χ0v) is 9.65. The molecule has 0 spiro atoms. The molecule has 2 N–H and O–H groups in total. The summed E-state index contributed by atoms with van der Waals surface area (Å²) in [5, 5.41) is 15.6. The molecule has 0 aliphatic heterocycles. The van der Waals surface area contributed by atoms with E-state index in [9.17, 15) is 19.2 Å². The van der Waals surface area contributed by atoms with Crippen LogP contribution in [-0.2, 0) is 28.7 Å². The lowest BCUT2D eigenvalue weighted by Crippen LogP contribution is -1.98. The highest BCUT2D eigenvalue weighted by Crippen LogP contribution is 1.80. The van der Waals surface area contributed by atoms with Gasteiger partial charge in [-0.05, 0) is 0 Å². The van der Waals surface area contributed by atoms with Gasteiger partial charge >= 0.3 is 23.9 Å². The highest BCUT2D eigenvalue weighted by Gasteiger charge is 1.94. The summed E-state index contributed by atoms with van der Waals surface area (Å²) >= 11 is 0. The first-order valence-electron chi connectivity index (χ1n) is 4.31. The average Bonchev–Trinajstić information content (AvgIpc) is 2.33. The van der Waals surface area contributed by atoms with Crippen molar-refractivity contribution in [2.24, 2.45) is 0 Å². The molecule has 0 radical (unpaired) electrons. The van der Waals surface area contributed by atoms with Crippen LogP contribution in [0.1, 0.15) is 0 Å². The molecule has 0 aromatic heterocycles. The Labute approximate surface area is 102 Å². The smallest absolute Gasteiger partial charge is 0.330 e. The number of carboxylic acid groups (broad SMARTS) is 2. The molecule has 8 heteroatoms. The molecule has 0 fully saturated rings. The number of carboxylic acids is 2. The predicted octanol–water partition coefficient (Wildman–Crippen LogP) is -0.400. The predicted molar refractivity (Wildman–Crippen MR) is 57.6 cm³/mol. The van der Waals surface area contributed by atoms with E-state index in [1.165, 1.54) is 14.2 Å². The first kappa shape index (κ1) is 17.7. The zero-order valence-electron chi connectivity index (χ0n) is 9.65. The van der Waals surface area contributed by atoms with E-state index in [-0.39, 0.29) is 0 Å². The number of rotatable bonds is 4. The highest BCUT2D eigenvalue weighted by atomic mass is 16.5. The topological polar surface area (TPSA) is 127 Å². The lowest BCUT2D eigenvalue weighted by Gasteiger charge is -1.89. The molecular formula is C10H12O8. The van der Waals surface area contributed by atoms with Gasteiger partial charge in [0.15, 0.2) is 0 Å². The minimum Gasteiger partial charge on any atom is -0.478 e. The van der Waals surface area contributed by atoms with Crippen LogP contribution in [0.25, 0.3) is 0 Å². The van der Waals surface area contributed by atoms with Gasteiger partial charge in [-0.1, -0.05) is 0 Å². The number of hydrogen-bond acceptors (Lipinski definition) is 6. The van der Waals surface area contributed by atoms with Gasteiger partial charge in [-0.25, -0.2) is 19.2 Å². The second-order valence-electron chi connectivity index (χ2n) is 2.39. The minimum atomic E-state index is -1.26. The van der Waals surface area contributed by atoms with Crippen LogP contribution in [0.5, 0.6) is 0 Å². The zero-order chi connectivity index (χ0) is 14.6. The molecule has 0 aliphatic carbocycles. The van der Waals surface area contributed by atoms with Gasteiger partial charge in [-0.2, -0.15) is 0 Å². The summed E-state index contributed by atoms with van der Waals surface area (Å²) in [4.78, 5) is 39.7. The molecule has 0 heterocycles. The molecule has 0 saturated carbocycles. The molecule has 0 saturated heterocycles. The van der Waals surface area contributed by atoms with Gasteiger partial charge < -0.3 is 19.7 Å². The molecule has 0 unspecified atom stereocenters. The molecular weight excluding hydrogens is 248 g/mol. The Kier molecular flexibility index (Phi) is 10.7. The van der Waals surface area contributed by atoms with Crippen LogP contribution < -0.4 is 0 Å². The molecule has 100 valence electrons. The molecule has 0 aliphatic rings. The summed E-state index contributed by atoms with van der Waals surface area (Å²) in [5.41, 5.74) is 0. The van der Waals surface area contributed by atoms with Crippen molar-refractivity contribution in [1.29, 1.82) is 0 Å². The average molecular weight is 260 g/mol. The third-order valence-electron chi connectivity index (χ3n) is 1.13. The van der Waals surface area contributed by atoms with Crippen LogP contribution in [-0.4, -0.2) is 48.3 Å². The van der Waals surface area contributed by atoms with Crippen LogP contribution in [0, 0.1) is 0 Å². The van der Waals surface area contributed by atoms with Crippen LogP contribution in [0.4, 0.5) is 0 Å². The van der Waals surface area contributed by atoms with Gasteiger partial charge in [-0.3, -0.25) is 0 Å².